The molecule has 0 aliphatic rings. The summed E-state index contributed by atoms with van der Waals surface area (Å²) in [7, 11) is 0. The minimum absolute atomic E-state index is 0.206. The first-order valence-corrected chi connectivity index (χ1v) is 6.83. The van der Waals surface area contributed by atoms with Crippen molar-refractivity contribution in [3.63, 3.8) is 0 Å². The van der Waals surface area contributed by atoms with Crippen molar-refractivity contribution in [3.8, 4) is 0 Å². The Morgan fingerprint density at radius 3 is 1.81 bits per heavy atom. The van der Waals surface area contributed by atoms with Crippen LogP contribution >= 0.6 is 0 Å². The number of hydrogen-bond acceptors (Lipinski definition) is 1. The van der Waals surface area contributed by atoms with Gasteiger partial charge >= 0.3 is 5.97 Å². The summed E-state index contributed by atoms with van der Waals surface area (Å²) in [5, 5.41) is 8.35. The Balaban J connectivity index is 0. The van der Waals surface area contributed by atoms with E-state index >= 15 is 0 Å². The van der Waals surface area contributed by atoms with Crippen LogP contribution in [0.3, 0.4) is 0 Å². The highest BCUT2D eigenvalue weighted by atomic mass is 16.4. The van der Waals surface area contributed by atoms with Crippen LogP contribution in [0.2, 0.25) is 0 Å². The molecule has 0 bridgehead atoms. The standard InChI is InChI=1S/C7H5O2.C6H5.C4H9.C2H5/c8-7(9)6-4-2-1-3-5-6;1-2-4-6-5-3-1;1-3-4-2;1-2/h1-4H,(H,8,9);1-5H;1,3-4H2,2H3;1H2,2H3. The largest absolute Gasteiger partial charge is 0.478 e. The van der Waals surface area contributed by atoms with E-state index in [1.54, 1.807) is 25.1 Å². The van der Waals surface area contributed by atoms with Crippen LogP contribution in [-0.2, 0) is 0 Å². The third-order valence-electron chi connectivity index (χ3n) is 1.90. The van der Waals surface area contributed by atoms with Gasteiger partial charge in [-0.25, -0.2) is 4.79 Å². The third kappa shape index (κ3) is 15.9. The summed E-state index contributed by atoms with van der Waals surface area (Å²) >= 11 is 0. The maximum absolute atomic E-state index is 10.2. The molecule has 0 saturated carbocycles. The van der Waals surface area contributed by atoms with E-state index in [1.165, 1.54) is 12.5 Å². The molecule has 0 saturated heterocycles. The minimum Gasteiger partial charge on any atom is -0.478 e. The van der Waals surface area contributed by atoms with Crippen LogP contribution in [0, 0.1) is 26.0 Å². The van der Waals surface area contributed by atoms with Gasteiger partial charge in [-0.05, 0) is 18.2 Å². The maximum Gasteiger partial charge on any atom is 0.336 e. The van der Waals surface area contributed by atoms with E-state index in [0.29, 0.717) is 0 Å². The van der Waals surface area contributed by atoms with E-state index in [2.05, 4.69) is 32.9 Å². The number of rotatable bonds is 2. The maximum atomic E-state index is 10.2. The average molecular weight is 284 g/mol. The van der Waals surface area contributed by atoms with Crippen LogP contribution in [0.25, 0.3) is 0 Å². The first-order chi connectivity index (χ1) is 10.2. The lowest BCUT2D eigenvalue weighted by molar-refractivity contribution is 0.0696. The first kappa shape index (κ1) is 21.2. The van der Waals surface area contributed by atoms with E-state index in [1.807, 2.05) is 30.3 Å². The lowest BCUT2D eigenvalue weighted by atomic mass is 10.2. The molecule has 21 heavy (non-hydrogen) atoms. The summed E-state index contributed by atoms with van der Waals surface area (Å²) in [6.07, 6.45) is 2.28. The molecule has 0 aliphatic heterocycles. The normalized spacial score (nSPS) is 7.81. The van der Waals surface area contributed by atoms with Gasteiger partial charge in [-0.2, -0.15) is 0 Å². The number of unbranched alkanes of at least 4 members (excludes halogenated alkanes) is 1. The summed E-state index contributed by atoms with van der Waals surface area (Å²) in [5.74, 6) is -0.935. The molecule has 0 unspecified atom stereocenters. The van der Waals surface area contributed by atoms with Crippen LogP contribution in [-0.4, -0.2) is 11.1 Å². The van der Waals surface area contributed by atoms with Crippen LogP contribution in [0.5, 0.6) is 0 Å². The van der Waals surface area contributed by atoms with Gasteiger partial charge < -0.3 is 5.11 Å². The Labute approximate surface area is 129 Å². The zero-order chi connectivity index (χ0) is 16.3. The van der Waals surface area contributed by atoms with Gasteiger partial charge in [0.05, 0.1) is 5.56 Å². The number of carboxylic acid groups (broad SMARTS) is 1. The monoisotopic (exact) mass is 284 g/mol. The van der Waals surface area contributed by atoms with Crippen molar-refractivity contribution in [2.75, 3.05) is 0 Å². The lowest BCUT2D eigenvalue weighted by Crippen LogP contribution is -1.94. The minimum atomic E-state index is -0.935. The van der Waals surface area contributed by atoms with Crippen molar-refractivity contribution in [2.24, 2.45) is 0 Å². The summed E-state index contributed by atoms with van der Waals surface area (Å²) < 4.78 is 0. The molecule has 0 spiro atoms. The summed E-state index contributed by atoms with van der Waals surface area (Å²) in [5.41, 5.74) is 0.206. The summed E-state index contributed by atoms with van der Waals surface area (Å²) in [6, 6.07) is 21.5. The van der Waals surface area contributed by atoms with Crippen LogP contribution in [0.1, 0.15) is 37.0 Å². The molecular weight excluding hydrogens is 260 g/mol. The van der Waals surface area contributed by atoms with Gasteiger partial charge in [0.15, 0.2) is 0 Å². The molecule has 0 atom stereocenters. The third-order valence-corrected chi connectivity index (χ3v) is 1.90. The molecule has 2 aromatic carbocycles. The van der Waals surface area contributed by atoms with Gasteiger partial charge in [0.25, 0.3) is 0 Å². The van der Waals surface area contributed by atoms with Gasteiger partial charge in [0, 0.05) is 0 Å². The van der Waals surface area contributed by atoms with Crippen LogP contribution in [0.15, 0.2) is 54.6 Å². The highest BCUT2D eigenvalue weighted by Crippen LogP contribution is 1.95. The van der Waals surface area contributed by atoms with Crippen molar-refractivity contribution < 1.29 is 9.90 Å². The van der Waals surface area contributed by atoms with Crippen molar-refractivity contribution in [1.29, 1.82) is 0 Å². The molecule has 0 aliphatic carbocycles. The van der Waals surface area contributed by atoms with Crippen molar-refractivity contribution in [2.45, 2.75) is 26.7 Å². The zero-order valence-electron chi connectivity index (χ0n) is 12.9. The molecule has 2 heteroatoms. The molecule has 4 radical (unpaired) electrons. The molecule has 2 nitrogen and oxygen atoms in total. The summed E-state index contributed by atoms with van der Waals surface area (Å²) in [4.78, 5) is 10.2. The fourth-order valence-corrected chi connectivity index (χ4v) is 0.868. The number of hydrogen-bond donors (Lipinski definition) is 1. The smallest absolute Gasteiger partial charge is 0.336 e. The Kier molecular flexibility index (Phi) is 18.1. The Morgan fingerprint density at radius 1 is 1.10 bits per heavy atom. The molecule has 0 fully saturated rings. The quantitative estimate of drug-likeness (QED) is 0.829. The van der Waals surface area contributed by atoms with Gasteiger partial charge in [-0.1, -0.05) is 89.1 Å². The molecule has 0 amide bonds. The van der Waals surface area contributed by atoms with E-state index in [9.17, 15) is 4.79 Å². The Hall–Kier alpha value is -2.09. The van der Waals surface area contributed by atoms with Crippen LogP contribution in [0.4, 0.5) is 0 Å². The predicted molar refractivity (Wildman–Crippen MR) is 88.8 cm³/mol. The predicted octanol–water partition coefficient (Wildman–Crippen LogP) is 5.13. The molecule has 1 N–H and O–H groups in total. The molecule has 2 aromatic rings. The topological polar surface area (TPSA) is 37.3 Å². The molecule has 112 valence electrons. The average Bonchev–Trinajstić information content (AvgIpc) is 2.60. The fraction of sp³-hybridized carbons (Fsp3) is 0.211. The van der Waals surface area contributed by atoms with Gasteiger partial charge in [-0.15, -0.1) is 0 Å². The van der Waals surface area contributed by atoms with Gasteiger partial charge in [0.1, 0.15) is 0 Å². The first-order valence-electron chi connectivity index (χ1n) is 6.83. The number of carboxylic acids is 1. The molecule has 0 aromatic heterocycles. The molecular formula is C19H24O2. The zero-order valence-corrected chi connectivity index (χ0v) is 12.9. The fourth-order valence-electron chi connectivity index (χ4n) is 0.868. The SMILES string of the molecule is O=C(O)c1[c]cccc1.[CH2]C.[CH2]CCC.[c]1ccccc1. The van der Waals surface area contributed by atoms with E-state index < -0.39 is 5.97 Å². The van der Waals surface area contributed by atoms with Crippen LogP contribution < -0.4 is 0 Å². The Bertz CT molecular complexity index is 381. The highest BCUT2D eigenvalue weighted by Gasteiger charge is 1.97. The second-order valence-electron chi connectivity index (χ2n) is 3.51. The van der Waals surface area contributed by atoms with E-state index in [0.717, 1.165) is 6.42 Å². The lowest BCUT2D eigenvalue weighted by Gasteiger charge is -1.87. The van der Waals surface area contributed by atoms with Gasteiger partial charge in [-0.3, -0.25) is 0 Å². The van der Waals surface area contributed by atoms with Crippen molar-refractivity contribution in [1.82, 2.24) is 0 Å². The number of carbonyl (C=O) groups is 1. The summed E-state index contributed by atoms with van der Waals surface area (Å²) in [6.45, 7) is 10.7. The van der Waals surface area contributed by atoms with Crippen molar-refractivity contribution in [3.05, 3.63) is 86.1 Å². The van der Waals surface area contributed by atoms with E-state index in [4.69, 9.17) is 5.11 Å². The van der Waals surface area contributed by atoms with Crippen molar-refractivity contribution >= 4 is 5.97 Å². The van der Waals surface area contributed by atoms with Gasteiger partial charge in [0.2, 0.25) is 0 Å². The number of benzene rings is 2. The second-order valence-corrected chi connectivity index (χ2v) is 3.51. The second kappa shape index (κ2) is 17.9. The van der Waals surface area contributed by atoms with E-state index in [-0.39, 0.29) is 5.56 Å². The highest BCUT2D eigenvalue weighted by molar-refractivity contribution is 5.87. The Morgan fingerprint density at radius 2 is 1.62 bits per heavy atom. The molecule has 0 heterocycles. The number of aromatic carboxylic acids is 1. The molecule has 2 rings (SSSR count).